The van der Waals surface area contributed by atoms with Gasteiger partial charge in [-0.05, 0) is 30.4 Å². The largest absolute Gasteiger partial charge is 0.342 e. The molecule has 0 bridgehead atoms. The maximum absolute atomic E-state index is 14.7. The normalized spacial score (nSPS) is 22.5. The van der Waals surface area contributed by atoms with Crippen LogP contribution in [-0.2, 0) is 9.59 Å². The number of benzene rings is 1. The Balaban J connectivity index is 1.37. The Morgan fingerprint density at radius 3 is 2.68 bits per heavy atom. The molecule has 10 heteroatoms. The Labute approximate surface area is 195 Å². The number of carbonyl (C=O) groups is 2. The van der Waals surface area contributed by atoms with Crippen LogP contribution in [0, 0.1) is 5.95 Å². The zero-order chi connectivity index (χ0) is 23.7. The van der Waals surface area contributed by atoms with Gasteiger partial charge in [0.2, 0.25) is 17.8 Å². The highest BCUT2D eigenvalue weighted by Crippen LogP contribution is 2.41. The van der Waals surface area contributed by atoms with E-state index in [1.807, 2.05) is 30.3 Å². The fraction of sp³-hybridized carbons (Fsp3) is 0.375. The lowest BCUT2D eigenvalue weighted by atomic mass is 10.0. The molecule has 0 unspecified atom stereocenters. The summed E-state index contributed by atoms with van der Waals surface area (Å²) in [5.74, 6) is -1.15. The predicted octanol–water partition coefficient (Wildman–Crippen LogP) is 1.06. The number of rotatable bonds is 7. The van der Waals surface area contributed by atoms with Crippen LogP contribution in [0.1, 0.15) is 54.5 Å². The van der Waals surface area contributed by atoms with Gasteiger partial charge in [0.05, 0.1) is 36.6 Å². The molecule has 2 aliphatic heterocycles. The summed E-state index contributed by atoms with van der Waals surface area (Å²) < 4.78 is 29.1. The van der Waals surface area contributed by atoms with Crippen molar-refractivity contribution in [3.05, 3.63) is 77.1 Å². The number of aromatic nitrogens is 1. The third-order valence-corrected chi connectivity index (χ3v) is 6.44. The van der Waals surface area contributed by atoms with Crippen LogP contribution in [-0.4, -0.2) is 40.5 Å². The zero-order valence-electron chi connectivity index (χ0n) is 18.5. The van der Waals surface area contributed by atoms with Crippen molar-refractivity contribution in [1.29, 1.82) is 0 Å². The molecule has 1 saturated heterocycles. The second kappa shape index (κ2) is 9.38. The molecule has 2 aromatic rings. The highest BCUT2D eigenvalue weighted by Gasteiger charge is 2.41. The number of carbonyl (C=O) groups excluding carboxylic acids is 2. The van der Waals surface area contributed by atoms with Gasteiger partial charge in [0.25, 0.3) is 0 Å². The van der Waals surface area contributed by atoms with E-state index in [2.05, 4.69) is 21.2 Å². The first kappa shape index (κ1) is 22.3. The van der Waals surface area contributed by atoms with E-state index in [1.165, 1.54) is 4.90 Å². The standard InChI is InChI=1S/C24H26F2N6O2/c25-16-10-20(32(13-16)21(33)11-17-12-27-31-30-17)24(34)29-22(15-4-2-1-3-5-15)19-9-8-18(14-6-7-14)23(26)28-19/h1-5,8-9,12,14,16,20,22,27,30-31H,6-7,10-11,13H2,(H,29,34)/p+1/t16-,20+,22+/m1/s1. The lowest BCUT2D eigenvalue weighted by Gasteiger charge is -2.26. The number of hydrogen-bond acceptors (Lipinski definition) is 5. The molecule has 1 aromatic heterocycles. The molecule has 178 valence electrons. The Bertz CT molecular complexity index is 1110. The van der Waals surface area contributed by atoms with Crippen LogP contribution in [0.4, 0.5) is 8.78 Å². The average Bonchev–Trinajstić information content (AvgIpc) is 3.40. The van der Waals surface area contributed by atoms with Gasteiger partial charge in [0.1, 0.15) is 12.2 Å². The first-order valence-electron chi connectivity index (χ1n) is 11.5. The highest BCUT2D eigenvalue weighted by molar-refractivity contribution is 5.89. The van der Waals surface area contributed by atoms with Crippen molar-refractivity contribution in [2.24, 2.45) is 0 Å². The van der Waals surface area contributed by atoms with Gasteiger partial charge in [-0.1, -0.05) is 36.4 Å². The molecule has 0 radical (unpaired) electrons. The summed E-state index contributed by atoms with van der Waals surface area (Å²) in [6.45, 7) is -0.139. The van der Waals surface area contributed by atoms with E-state index in [0.717, 1.165) is 18.4 Å². The van der Waals surface area contributed by atoms with E-state index in [0.29, 0.717) is 17.0 Å². The van der Waals surface area contributed by atoms with Gasteiger partial charge in [-0.2, -0.15) is 9.93 Å². The number of hydrogen-bond donors (Lipinski definition) is 4. The van der Waals surface area contributed by atoms with Gasteiger partial charge in [-0.25, -0.2) is 20.2 Å². The summed E-state index contributed by atoms with van der Waals surface area (Å²) in [7, 11) is 0. The predicted molar refractivity (Wildman–Crippen MR) is 119 cm³/mol. The van der Waals surface area contributed by atoms with Crippen LogP contribution in [0.2, 0.25) is 0 Å². The van der Waals surface area contributed by atoms with E-state index in [1.54, 1.807) is 23.9 Å². The molecular formula is C24H27F2N6O2+. The van der Waals surface area contributed by atoms with Crippen molar-refractivity contribution >= 4 is 11.8 Å². The molecule has 8 nitrogen and oxygen atoms in total. The number of nitrogens with two attached hydrogens (primary N) is 1. The Morgan fingerprint density at radius 1 is 1.21 bits per heavy atom. The van der Waals surface area contributed by atoms with Crippen molar-refractivity contribution in [2.75, 3.05) is 6.54 Å². The van der Waals surface area contributed by atoms with Gasteiger partial charge in [-0.15, -0.1) is 0 Å². The van der Waals surface area contributed by atoms with Crippen LogP contribution < -0.4 is 21.7 Å². The topological polar surface area (TPSA) is 103 Å². The molecule has 3 atom stereocenters. The molecule has 1 aliphatic carbocycles. The maximum Gasteiger partial charge on any atom is 0.243 e. The van der Waals surface area contributed by atoms with Gasteiger partial charge >= 0.3 is 0 Å². The first-order chi connectivity index (χ1) is 16.5. The minimum atomic E-state index is -1.29. The summed E-state index contributed by atoms with van der Waals surface area (Å²) in [5.41, 5.74) is 9.63. The van der Waals surface area contributed by atoms with E-state index in [-0.39, 0.29) is 31.2 Å². The second-order valence-corrected chi connectivity index (χ2v) is 8.94. The molecule has 3 heterocycles. The number of nitrogens with zero attached hydrogens (tertiary/aromatic N) is 2. The molecule has 2 fully saturated rings. The molecule has 1 saturated carbocycles. The number of quaternary nitrogens is 1. The molecule has 3 aliphatic rings. The summed E-state index contributed by atoms with van der Waals surface area (Å²) in [6, 6.07) is 10.9. The lowest BCUT2D eigenvalue weighted by molar-refractivity contribution is -0.739. The smallest absolute Gasteiger partial charge is 0.243 e. The number of likely N-dealkylation sites (tertiary alicyclic amines) is 1. The number of pyridine rings is 1. The minimum absolute atomic E-state index is 0.0253. The molecule has 2 amide bonds. The second-order valence-electron chi connectivity index (χ2n) is 8.94. The van der Waals surface area contributed by atoms with Crippen molar-refractivity contribution in [1.82, 2.24) is 26.1 Å². The average molecular weight is 470 g/mol. The van der Waals surface area contributed by atoms with Crippen LogP contribution in [0.3, 0.4) is 0 Å². The fourth-order valence-electron chi connectivity index (χ4n) is 4.52. The molecule has 5 rings (SSSR count). The van der Waals surface area contributed by atoms with Crippen molar-refractivity contribution in [3.8, 4) is 0 Å². The summed E-state index contributed by atoms with van der Waals surface area (Å²) in [6.07, 6.45) is 2.20. The minimum Gasteiger partial charge on any atom is -0.342 e. The Hall–Kier alpha value is -3.53. The zero-order valence-corrected chi connectivity index (χ0v) is 18.5. The first-order valence-corrected chi connectivity index (χ1v) is 11.5. The van der Waals surface area contributed by atoms with Crippen LogP contribution in [0.25, 0.3) is 0 Å². The monoisotopic (exact) mass is 469 g/mol. The number of alkyl halides is 1. The van der Waals surface area contributed by atoms with Crippen LogP contribution >= 0.6 is 0 Å². The summed E-state index contributed by atoms with van der Waals surface area (Å²) >= 11 is 0. The number of nitrogens with one attached hydrogen (secondary N) is 3. The van der Waals surface area contributed by atoms with Gasteiger partial charge in [0.15, 0.2) is 0 Å². The number of halogens is 2. The summed E-state index contributed by atoms with van der Waals surface area (Å²) in [4.78, 5) is 31.6. The van der Waals surface area contributed by atoms with E-state index < -0.39 is 30.1 Å². The SMILES string of the molecule is O=C(N[C@@H](c1ccccc1)c1ccc(C2CC2)c(F)n1)[C@@H]1C[C@@H](F)CN1C(=O)CC1=CN[NH2+]N1. The van der Waals surface area contributed by atoms with Gasteiger partial charge in [-0.3, -0.25) is 9.59 Å². The maximum atomic E-state index is 14.7. The third-order valence-electron chi connectivity index (χ3n) is 6.44. The van der Waals surface area contributed by atoms with E-state index in [4.69, 9.17) is 0 Å². The van der Waals surface area contributed by atoms with Crippen molar-refractivity contribution in [3.63, 3.8) is 0 Å². The van der Waals surface area contributed by atoms with Crippen LogP contribution in [0.15, 0.2) is 54.4 Å². The third kappa shape index (κ3) is 4.72. The Kier molecular flexibility index (Phi) is 6.14. The van der Waals surface area contributed by atoms with E-state index >= 15 is 0 Å². The van der Waals surface area contributed by atoms with Crippen LogP contribution in [0.5, 0.6) is 0 Å². The number of amides is 2. The van der Waals surface area contributed by atoms with E-state index in [9.17, 15) is 18.4 Å². The molecular weight excluding hydrogens is 442 g/mol. The summed E-state index contributed by atoms with van der Waals surface area (Å²) in [5, 5.41) is 2.90. The lowest BCUT2D eigenvalue weighted by Crippen LogP contribution is -2.96. The van der Waals surface area contributed by atoms with Crippen molar-refractivity contribution in [2.45, 2.75) is 49.9 Å². The molecule has 1 aromatic carbocycles. The Morgan fingerprint density at radius 2 is 2.00 bits per heavy atom. The fourth-order valence-corrected chi connectivity index (χ4v) is 4.52. The highest BCUT2D eigenvalue weighted by atomic mass is 19.1. The van der Waals surface area contributed by atoms with Crippen molar-refractivity contribution < 1.29 is 23.9 Å². The molecule has 5 N–H and O–H groups in total. The molecule has 34 heavy (non-hydrogen) atoms. The van der Waals surface area contributed by atoms with Gasteiger partial charge < -0.3 is 10.2 Å². The quantitative estimate of drug-likeness (QED) is 0.359. The molecule has 0 spiro atoms. The van der Waals surface area contributed by atoms with Gasteiger partial charge in [0, 0.05) is 12.0 Å².